The van der Waals surface area contributed by atoms with E-state index in [0.717, 1.165) is 23.6 Å². The van der Waals surface area contributed by atoms with Crippen LogP contribution in [0.15, 0.2) is 88.1 Å². The quantitative estimate of drug-likeness (QED) is 0.211. The van der Waals surface area contributed by atoms with Crippen LogP contribution in [0.1, 0.15) is 59.5 Å². The van der Waals surface area contributed by atoms with E-state index in [4.69, 9.17) is 0 Å². The first-order valence-corrected chi connectivity index (χ1v) is 14.2. The monoisotopic (exact) mass is 598 g/mol. The van der Waals surface area contributed by atoms with Gasteiger partial charge in [0, 0.05) is 21.8 Å². The van der Waals surface area contributed by atoms with Gasteiger partial charge in [0.1, 0.15) is 0 Å². The van der Waals surface area contributed by atoms with Crippen molar-refractivity contribution >= 4 is 35.1 Å². The van der Waals surface area contributed by atoms with Gasteiger partial charge in [0.25, 0.3) is 5.91 Å². The number of carbonyl (C=O) groups is 2. The number of amides is 3. The molecule has 1 aliphatic carbocycles. The van der Waals surface area contributed by atoms with Gasteiger partial charge in [-0.3, -0.25) is 9.69 Å². The van der Waals surface area contributed by atoms with Crippen LogP contribution in [0.5, 0.6) is 0 Å². The van der Waals surface area contributed by atoms with E-state index >= 15 is 0 Å². The minimum Gasteiger partial charge on any atom is -0.307 e. The predicted octanol–water partition coefficient (Wildman–Crippen LogP) is 6.84. The van der Waals surface area contributed by atoms with Gasteiger partial charge in [0.05, 0.1) is 6.54 Å². The van der Waals surface area contributed by atoms with Gasteiger partial charge in [-0.2, -0.15) is 24.2 Å². The summed E-state index contributed by atoms with van der Waals surface area (Å²) < 4.78 is 38.7. The zero-order valence-electron chi connectivity index (χ0n) is 22.4. The topological polar surface area (TPSA) is 113 Å². The molecule has 3 aromatic carbocycles. The zero-order valence-corrected chi connectivity index (χ0v) is 23.2. The van der Waals surface area contributed by atoms with Crippen LogP contribution in [-0.4, -0.2) is 22.7 Å². The highest BCUT2D eigenvalue weighted by atomic mass is 32.2. The summed E-state index contributed by atoms with van der Waals surface area (Å²) in [4.78, 5) is 27.5. The van der Waals surface area contributed by atoms with Crippen molar-refractivity contribution in [3.63, 3.8) is 0 Å². The Balaban J connectivity index is 1.34. The molecule has 0 atom stereocenters. The fraction of sp³-hybridized carbons (Fsp3) is 0.286. The van der Waals surface area contributed by atoms with Gasteiger partial charge in [-0.05, 0) is 99.8 Å². The Bertz CT molecular complexity index is 1410. The molecule has 2 aliphatic rings. The second-order valence-corrected chi connectivity index (χ2v) is 11.0. The van der Waals surface area contributed by atoms with Crippen molar-refractivity contribution in [2.45, 2.75) is 55.0 Å². The molecule has 5 rings (SSSR count). The molecule has 3 aromatic rings. The first-order valence-electron chi connectivity index (χ1n) is 13.4. The number of hydrogen-bond acceptors (Lipinski definition) is 8. The van der Waals surface area contributed by atoms with E-state index in [1.165, 1.54) is 47.9 Å². The summed E-state index contributed by atoms with van der Waals surface area (Å²) >= 11 is -0.241. The predicted molar refractivity (Wildman–Crippen MR) is 153 cm³/mol. The van der Waals surface area contributed by atoms with Gasteiger partial charge in [0.15, 0.2) is 0 Å². The lowest BCUT2D eigenvalue weighted by molar-refractivity contribution is -0.0328. The first kappa shape index (κ1) is 29.2. The number of nitrogens with zero attached hydrogens (tertiary/aromatic N) is 4. The van der Waals surface area contributed by atoms with Gasteiger partial charge in [-0.25, -0.2) is 10.2 Å². The smallest absolute Gasteiger partial charge is 0.307 e. The Morgan fingerprint density at radius 3 is 2.31 bits per heavy atom. The third kappa shape index (κ3) is 7.91. The molecule has 1 heterocycles. The third-order valence-corrected chi connectivity index (χ3v) is 7.68. The fourth-order valence-electron chi connectivity index (χ4n) is 4.92. The summed E-state index contributed by atoms with van der Waals surface area (Å²) in [5.41, 5.74) is 6.13. The summed E-state index contributed by atoms with van der Waals surface area (Å²) in [6, 6.07) is 19.7. The number of nitrogens with one attached hydrogen (secondary N) is 4. The molecule has 0 spiro atoms. The SMILES string of the molecule is O=C(NN1NN=NN1)c1ccc(CN(C(=O)Nc2cccc(SC(F)(F)F)c2)c2ccc(C3CCCCC3)cc2)cc1. The molecule has 14 heteroatoms. The maximum atomic E-state index is 13.6. The van der Waals surface area contributed by atoms with Crippen molar-refractivity contribution < 1.29 is 22.8 Å². The normalized spacial score (nSPS) is 15.5. The molecular weight excluding hydrogens is 569 g/mol. The molecule has 4 N–H and O–H groups in total. The average molecular weight is 599 g/mol. The van der Waals surface area contributed by atoms with E-state index < -0.39 is 17.4 Å². The Labute approximate surface area is 244 Å². The number of urea groups is 1. The van der Waals surface area contributed by atoms with Crippen molar-refractivity contribution in [1.29, 1.82) is 0 Å². The molecule has 10 nitrogen and oxygen atoms in total. The number of benzene rings is 3. The molecule has 0 aromatic heterocycles. The lowest BCUT2D eigenvalue weighted by atomic mass is 9.84. The maximum absolute atomic E-state index is 13.6. The Hall–Kier alpha value is -4.30. The molecule has 1 aliphatic heterocycles. The number of halogens is 3. The lowest BCUT2D eigenvalue weighted by Gasteiger charge is -2.26. The number of alkyl halides is 3. The number of hydrogen-bond donors (Lipinski definition) is 4. The van der Waals surface area contributed by atoms with Crippen molar-refractivity contribution in [2.75, 3.05) is 10.2 Å². The average Bonchev–Trinajstić information content (AvgIpc) is 3.49. The van der Waals surface area contributed by atoms with Crippen LogP contribution < -0.4 is 26.7 Å². The molecule has 1 fully saturated rings. The van der Waals surface area contributed by atoms with Crippen molar-refractivity contribution in [3.8, 4) is 0 Å². The summed E-state index contributed by atoms with van der Waals surface area (Å²) in [5, 5.41) is 10.8. The summed E-state index contributed by atoms with van der Waals surface area (Å²) in [5.74, 6) is 0.0781. The number of rotatable bonds is 8. The Morgan fingerprint density at radius 2 is 1.64 bits per heavy atom. The summed E-state index contributed by atoms with van der Waals surface area (Å²) in [6.45, 7) is 0.153. The van der Waals surface area contributed by atoms with E-state index in [1.807, 2.05) is 24.3 Å². The van der Waals surface area contributed by atoms with Crippen LogP contribution in [0.2, 0.25) is 0 Å². The second-order valence-electron chi connectivity index (χ2n) is 9.89. The number of anilines is 2. The van der Waals surface area contributed by atoms with Gasteiger partial charge >= 0.3 is 11.5 Å². The maximum Gasteiger partial charge on any atom is 0.446 e. The number of hydrazine groups is 3. The van der Waals surface area contributed by atoms with E-state index in [-0.39, 0.29) is 28.9 Å². The highest BCUT2D eigenvalue weighted by molar-refractivity contribution is 8.00. The highest BCUT2D eigenvalue weighted by Crippen LogP contribution is 2.38. The van der Waals surface area contributed by atoms with E-state index in [1.54, 1.807) is 30.3 Å². The minimum atomic E-state index is -4.44. The van der Waals surface area contributed by atoms with Gasteiger partial charge in [0.2, 0.25) is 0 Å². The van der Waals surface area contributed by atoms with E-state index in [0.29, 0.717) is 17.2 Å². The number of thioether (sulfide) groups is 1. The largest absolute Gasteiger partial charge is 0.446 e. The molecule has 0 bridgehead atoms. The molecule has 3 amide bonds. The van der Waals surface area contributed by atoms with Crippen molar-refractivity contribution in [3.05, 3.63) is 89.5 Å². The number of carbonyl (C=O) groups excluding carboxylic acids is 2. The molecule has 0 saturated heterocycles. The van der Waals surface area contributed by atoms with Gasteiger partial charge in [-0.15, -0.1) is 0 Å². The minimum absolute atomic E-state index is 0.0285. The lowest BCUT2D eigenvalue weighted by Crippen LogP contribution is -2.51. The van der Waals surface area contributed by atoms with Crippen molar-refractivity contribution in [2.24, 2.45) is 10.4 Å². The molecule has 0 unspecified atom stereocenters. The summed E-state index contributed by atoms with van der Waals surface area (Å²) in [6.07, 6.45) is 5.95. The Kier molecular flexibility index (Phi) is 9.12. The van der Waals surface area contributed by atoms with Gasteiger partial charge in [-0.1, -0.05) is 49.6 Å². The molecule has 0 radical (unpaired) electrons. The van der Waals surface area contributed by atoms with Crippen LogP contribution in [0.3, 0.4) is 0 Å². The Morgan fingerprint density at radius 1 is 0.952 bits per heavy atom. The zero-order chi connectivity index (χ0) is 29.5. The van der Waals surface area contributed by atoms with Crippen molar-refractivity contribution in [1.82, 2.24) is 21.7 Å². The van der Waals surface area contributed by atoms with Crippen LogP contribution in [-0.2, 0) is 6.54 Å². The second kappa shape index (κ2) is 13.1. The summed E-state index contributed by atoms with van der Waals surface area (Å²) in [7, 11) is 0. The molecular formula is C28H29F3N8O2S. The fourth-order valence-corrected chi connectivity index (χ4v) is 5.52. The standard InChI is InChI=1S/C28H29F3N8O2S/c29-28(30,31)42-25-8-4-7-23(17-25)32-27(41)38(24-15-13-21(14-16-24)20-5-2-1-3-6-20)18-19-9-11-22(12-10-19)26(40)33-39-36-34-35-37-39/h4,7-17,20H,1-3,5-6,18H2,(H,32,41)(H,33,40)(H,34,37)(H,35,36). The first-order chi connectivity index (χ1) is 20.2. The molecule has 220 valence electrons. The molecule has 42 heavy (non-hydrogen) atoms. The van der Waals surface area contributed by atoms with E-state index in [2.05, 4.69) is 32.3 Å². The molecule has 1 saturated carbocycles. The third-order valence-electron chi connectivity index (χ3n) is 6.95. The van der Waals surface area contributed by atoms with Crippen LogP contribution in [0.4, 0.5) is 29.3 Å². The van der Waals surface area contributed by atoms with E-state index in [9.17, 15) is 22.8 Å². The van der Waals surface area contributed by atoms with Crippen LogP contribution in [0.25, 0.3) is 0 Å². The highest BCUT2D eigenvalue weighted by Gasteiger charge is 2.29. The van der Waals surface area contributed by atoms with Crippen LogP contribution >= 0.6 is 11.8 Å². The van der Waals surface area contributed by atoms with Gasteiger partial charge < -0.3 is 5.32 Å². The van der Waals surface area contributed by atoms with Crippen LogP contribution in [0, 0.1) is 0 Å².